The molecule has 98 valence electrons. The molecule has 0 aromatic heterocycles. The van der Waals surface area contributed by atoms with Crippen molar-refractivity contribution in [2.45, 2.75) is 45.7 Å². The number of hydrogen-bond donors (Lipinski definition) is 2. The second kappa shape index (κ2) is 6.00. The fraction of sp³-hybridized carbons (Fsp3) is 0.833. The standard InChI is InChI=1S/C12H22N2O3/c1-4-8(2)14(7-11(15)16)12(17)10-5-6-13-9(10)3/h8-10,13H,4-7H2,1-3H3,(H,15,16). The highest BCUT2D eigenvalue weighted by Crippen LogP contribution is 2.20. The molecule has 3 unspecified atom stereocenters. The lowest BCUT2D eigenvalue weighted by Gasteiger charge is -2.30. The monoisotopic (exact) mass is 242 g/mol. The van der Waals surface area contributed by atoms with Crippen LogP contribution in [0.4, 0.5) is 0 Å². The summed E-state index contributed by atoms with van der Waals surface area (Å²) in [6.07, 6.45) is 1.57. The molecule has 2 N–H and O–H groups in total. The molecule has 1 aliphatic heterocycles. The molecule has 1 amide bonds. The van der Waals surface area contributed by atoms with Gasteiger partial charge in [0.05, 0.1) is 5.92 Å². The maximum atomic E-state index is 12.3. The summed E-state index contributed by atoms with van der Waals surface area (Å²) in [5.41, 5.74) is 0. The molecular weight excluding hydrogens is 220 g/mol. The van der Waals surface area contributed by atoms with E-state index >= 15 is 0 Å². The van der Waals surface area contributed by atoms with E-state index < -0.39 is 5.97 Å². The predicted molar refractivity (Wildman–Crippen MR) is 64.7 cm³/mol. The van der Waals surface area contributed by atoms with Crippen molar-refractivity contribution in [2.75, 3.05) is 13.1 Å². The maximum Gasteiger partial charge on any atom is 0.323 e. The predicted octanol–water partition coefficient (Wildman–Crippen LogP) is 0.696. The van der Waals surface area contributed by atoms with Crippen LogP contribution in [0.15, 0.2) is 0 Å². The minimum absolute atomic E-state index is 0.0219. The van der Waals surface area contributed by atoms with E-state index in [1.165, 1.54) is 4.90 Å². The molecule has 5 heteroatoms. The van der Waals surface area contributed by atoms with Crippen LogP contribution >= 0.6 is 0 Å². The molecule has 0 spiro atoms. The van der Waals surface area contributed by atoms with E-state index in [4.69, 9.17) is 5.11 Å². The third-order valence-electron chi connectivity index (χ3n) is 3.55. The van der Waals surface area contributed by atoms with Gasteiger partial charge in [0.25, 0.3) is 0 Å². The molecule has 1 rings (SSSR count). The third kappa shape index (κ3) is 3.43. The molecule has 0 aromatic rings. The van der Waals surface area contributed by atoms with Gasteiger partial charge in [0.2, 0.25) is 5.91 Å². The highest BCUT2D eigenvalue weighted by atomic mass is 16.4. The smallest absolute Gasteiger partial charge is 0.323 e. The molecule has 0 bridgehead atoms. The second-order valence-electron chi connectivity index (χ2n) is 4.76. The number of rotatable bonds is 5. The Hall–Kier alpha value is -1.10. The average Bonchev–Trinajstić information content (AvgIpc) is 2.70. The normalized spacial score (nSPS) is 25.6. The zero-order valence-electron chi connectivity index (χ0n) is 10.8. The quantitative estimate of drug-likeness (QED) is 0.744. The van der Waals surface area contributed by atoms with Gasteiger partial charge in [0, 0.05) is 12.1 Å². The largest absolute Gasteiger partial charge is 0.480 e. The van der Waals surface area contributed by atoms with E-state index in [0.717, 1.165) is 19.4 Å². The zero-order chi connectivity index (χ0) is 13.0. The van der Waals surface area contributed by atoms with Crippen LogP contribution in [0.25, 0.3) is 0 Å². The number of carbonyl (C=O) groups excluding carboxylic acids is 1. The molecule has 1 saturated heterocycles. The molecule has 1 fully saturated rings. The summed E-state index contributed by atoms with van der Waals surface area (Å²) in [6.45, 7) is 6.47. The van der Waals surface area contributed by atoms with Crippen molar-refractivity contribution in [2.24, 2.45) is 5.92 Å². The van der Waals surface area contributed by atoms with E-state index in [2.05, 4.69) is 5.32 Å². The number of carboxylic acid groups (broad SMARTS) is 1. The van der Waals surface area contributed by atoms with Crippen molar-refractivity contribution >= 4 is 11.9 Å². The van der Waals surface area contributed by atoms with E-state index in [1.54, 1.807) is 0 Å². The van der Waals surface area contributed by atoms with E-state index in [9.17, 15) is 9.59 Å². The summed E-state index contributed by atoms with van der Waals surface area (Å²) in [7, 11) is 0. The van der Waals surface area contributed by atoms with Crippen molar-refractivity contribution in [1.29, 1.82) is 0 Å². The summed E-state index contributed by atoms with van der Waals surface area (Å²) in [5.74, 6) is -1.06. The summed E-state index contributed by atoms with van der Waals surface area (Å²) in [5, 5.41) is 12.1. The molecular formula is C12H22N2O3. The number of aliphatic carboxylic acids is 1. The van der Waals surface area contributed by atoms with Gasteiger partial charge in [0.1, 0.15) is 6.54 Å². The van der Waals surface area contributed by atoms with Crippen LogP contribution in [0.1, 0.15) is 33.6 Å². The molecule has 0 radical (unpaired) electrons. The van der Waals surface area contributed by atoms with Gasteiger partial charge in [-0.3, -0.25) is 9.59 Å². The van der Waals surface area contributed by atoms with Gasteiger partial charge in [-0.1, -0.05) is 6.92 Å². The number of nitrogens with one attached hydrogen (secondary N) is 1. The van der Waals surface area contributed by atoms with Gasteiger partial charge in [-0.05, 0) is 33.2 Å². The van der Waals surface area contributed by atoms with Crippen molar-refractivity contribution in [3.05, 3.63) is 0 Å². The molecule has 1 aliphatic rings. The fourth-order valence-electron chi connectivity index (χ4n) is 2.23. The van der Waals surface area contributed by atoms with Crippen LogP contribution < -0.4 is 5.32 Å². The van der Waals surface area contributed by atoms with Crippen LogP contribution in [0.2, 0.25) is 0 Å². The van der Waals surface area contributed by atoms with E-state index in [1.807, 2.05) is 20.8 Å². The first-order valence-corrected chi connectivity index (χ1v) is 6.23. The molecule has 3 atom stereocenters. The van der Waals surface area contributed by atoms with Gasteiger partial charge in [0.15, 0.2) is 0 Å². The lowest BCUT2D eigenvalue weighted by Crippen LogP contribution is -2.47. The summed E-state index contributed by atoms with van der Waals surface area (Å²) in [6, 6.07) is 0.120. The van der Waals surface area contributed by atoms with Crippen LogP contribution in [0.3, 0.4) is 0 Å². The van der Waals surface area contributed by atoms with Gasteiger partial charge < -0.3 is 15.3 Å². The number of amides is 1. The lowest BCUT2D eigenvalue weighted by molar-refractivity contribution is -0.148. The summed E-state index contributed by atoms with van der Waals surface area (Å²) in [4.78, 5) is 24.6. The SMILES string of the molecule is CCC(C)N(CC(=O)O)C(=O)C1CCNC1C. The summed E-state index contributed by atoms with van der Waals surface area (Å²) >= 11 is 0. The number of nitrogens with zero attached hydrogens (tertiary/aromatic N) is 1. The highest BCUT2D eigenvalue weighted by molar-refractivity contribution is 5.84. The maximum absolute atomic E-state index is 12.3. The van der Waals surface area contributed by atoms with Gasteiger partial charge in [-0.15, -0.1) is 0 Å². The van der Waals surface area contributed by atoms with Crippen molar-refractivity contribution in [3.63, 3.8) is 0 Å². The molecule has 0 saturated carbocycles. The van der Waals surface area contributed by atoms with Crippen LogP contribution in [0.5, 0.6) is 0 Å². The first kappa shape index (κ1) is 14.0. The Balaban J connectivity index is 2.74. The van der Waals surface area contributed by atoms with Gasteiger partial charge in [-0.2, -0.15) is 0 Å². The van der Waals surface area contributed by atoms with Crippen LogP contribution in [-0.4, -0.2) is 47.1 Å². The van der Waals surface area contributed by atoms with Gasteiger partial charge >= 0.3 is 5.97 Å². The average molecular weight is 242 g/mol. The van der Waals surface area contributed by atoms with E-state index in [-0.39, 0.29) is 30.5 Å². The highest BCUT2D eigenvalue weighted by Gasteiger charge is 2.34. The zero-order valence-corrected chi connectivity index (χ0v) is 10.8. The first-order valence-electron chi connectivity index (χ1n) is 6.23. The van der Waals surface area contributed by atoms with Gasteiger partial charge in [-0.25, -0.2) is 0 Å². The Morgan fingerprint density at radius 1 is 1.53 bits per heavy atom. The Morgan fingerprint density at radius 3 is 2.59 bits per heavy atom. The third-order valence-corrected chi connectivity index (χ3v) is 3.55. The Morgan fingerprint density at radius 2 is 2.18 bits per heavy atom. The number of carbonyl (C=O) groups is 2. The molecule has 17 heavy (non-hydrogen) atoms. The Kier molecular flexibility index (Phi) is 4.93. The van der Waals surface area contributed by atoms with E-state index in [0.29, 0.717) is 0 Å². The Labute approximate surface area is 102 Å². The Bertz CT molecular complexity index is 293. The number of carboxylic acids is 1. The minimum atomic E-state index is -0.947. The van der Waals surface area contributed by atoms with Crippen LogP contribution in [-0.2, 0) is 9.59 Å². The molecule has 0 aliphatic carbocycles. The fourth-order valence-corrected chi connectivity index (χ4v) is 2.23. The molecule has 5 nitrogen and oxygen atoms in total. The second-order valence-corrected chi connectivity index (χ2v) is 4.76. The lowest BCUT2D eigenvalue weighted by atomic mass is 9.99. The van der Waals surface area contributed by atoms with Crippen molar-refractivity contribution in [1.82, 2.24) is 10.2 Å². The summed E-state index contributed by atoms with van der Waals surface area (Å²) < 4.78 is 0. The molecule has 1 heterocycles. The van der Waals surface area contributed by atoms with Crippen molar-refractivity contribution in [3.8, 4) is 0 Å². The topological polar surface area (TPSA) is 69.6 Å². The number of hydrogen-bond acceptors (Lipinski definition) is 3. The molecule has 0 aromatic carbocycles. The van der Waals surface area contributed by atoms with Crippen LogP contribution in [0, 0.1) is 5.92 Å². The first-order chi connectivity index (χ1) is 7.97. The van der Waals surface area contributed by atoms with Crippen molar-refractivity contribution < 1.29 is 14.7 Å². The minimum Gasteiger partial charge on any atom is -0.480 e.